The van der Waals surface area contributed by atoms with E-state index in [4.69, 9.17) is 21.1 Å². The largest absolute Gasteiger partial charge is 0.454 e. The molecule has 1 aliphatic heterocycles. The molecule has 0 bridgehead atoms. The van der Waals surface area contributed by atoms with Crippen molar-refractivity contribution in [3.05, 3.63) is 52.5 Å². The molecule has 23 heavy (non-hydrogen) atoms. The Morgan fingerprint density at radius 1 is 1.22 bits per heavy atom. The minimum atomic E-state index is 0.192. The maximum Gasteiger partial charge on any atom is 0.231 e. The molecule has 0 unspecified atom stereocenters. The third-order valence-electron chi connectivity index (χ3n) is 3.65. The molecule has 7 heteroatoms. The van der Waals surface area contributed by atoms with Crippen LogP contribution in [0.1, 0.15) is 11.1 Å². The molecule has 2 heterocycles. The van der Waals surface area contributed by atoms with Gasteiger partial charge in [-0.2, -0.15) is 4.80 Å². The van der Waals surface area contributed by atoms with E-state index in [1.54, 1.807) is 0 Å². The van der Waals surface area contributed by atoms with Crippen LogP contribution in [0.15, 0.2) is 36.4 Å². The van der Waals surface area contributed by atoms with Gasteiger partial charge in [0, 0.05) is 5.56 Å². The van der Waals surface area contributed by atoms with Gasteiger partial charge in [0.05, 0.1) is 11.6 Å². The van der Waals surface area contributed by atoms with E-state index in [0.29, 0.717) is 28.9 Å². The van der Waals surface area contributed by atoms with Gasteiger partial charge in [0.1, 0.15) is 0 Å². The zero-order valence-corrected chi connectivity index (χ0v) is 13.1. The topological polar surface area (TPSA) is 62.1 Å². The maximum atomic E-state index is 6.19. The second kappa shape index (κ2) is 5.55. The normalized spacial score (nSPS) is 12.6. The number of nitrogens with zero attached hydrogens (tertiary/aromatic N) is 4. The average molecular weight is 329 g/mol. The predicted molar refractivity (Wildman–Crippen MR) is 84.7 cm³/mol. The van der Waals surface area contributed by atoms with Gasteiger partial charge in [0.25, 0.3) is 0 Å². The van der Waals surface area contributed by atoms with E-state index >= 15 is 0 Å². The molecule has 0 spiro atoms. The number of halogens is 1. The third kappa shape index (κ3) is 2.61. The lowest BCUT2D eigenvalue weighted by atomic mass is 10.1. The summed E-state index contributed by atoms with van der Waals surface area (Å²) in [6.45, 7) is 2.67. The van der Waals surface area contributed by atoms with Crippen molar-refractivity contribution in [1.29, 1.82) is 0 Å². The Hall–Kier alpha value is -2.60. The SMILES string of the molecule is Cc1ccccc1-c1nnn(Cc2cc(Cl)c3c(c2)OCO3)n1. The molecule has 0 saturated carbocycles. The summed E-state index contributed by atoms with van der Waals surface area (Å²) in [5, 5.41) is 13.2. The first kappa shape index (κ1) is 14.0. The van der Waals surface area contributed by atoms with Gasteiger partial charge in [-0.15, -0.1) is 10.2 Å². The summed E-state index contributed by atoms with van der Waals surface area (Å²) in [6, 6.07) is 11.6. The fourth-order valence-electron chi connectivity index (χ4n) is 2.52. The van der Waals surface area contributed by atoms with E-state index in [1.165, 1.54) is 4.80 Å². The van der Waals surface area contributed by atoms with Crippen LogP contribution in [-0.4, -0.2) is 27.0 Å². The molecule has 0 N–H and O–H groups in total. The second-order valence-electron chi connectivity index (χ2n) is 5.27. The lowest BCUT2D eigenvalue weighted by Crippen LogP contribution is -2.04. The van der Waals surface area contributed by atoms with Crippen LogP contribution in [0, 0.1) is 6.92 Å². The highest BCUT2D eigenvalue weighted by Gasteiger charge is 2.19. The van der Waals surface area contributed by atoms with Crippen LogP contribution >= 0.6 is 11.6 Å². The fraction of sp³-hybridized carbons (Fsp3) is 0.188. The number of ether oxygens (including phenoxy) is 2. The molecule has 0 amide bonds. The number of fused-ring (bicyclic) bond motifs is 1. The summed E-state index contributed by atoms with van der Waals surface area (Å²) in [5.41, 5.74) is 3.01. The van der Waals surface area contributed by atoms with Gasteiger partial charge in [0.15, 0.2) is 11.5 Å². The Morgan fingerprint density at radius 2 is 2.09 bits per heavy atom. The summed E-state index contributed by atoms with van der Waals surface area (Å²) < 4.78 is 10.7. The zero-order valence-electron chi connectivity index (χ0n) is 12.4. The number of aromatic nitrogens is 4. The van der Waals surface area contributed by atoms with Gasteiger partial charge in [-0.25, -0.2) is 0 Å². The van der Waals surface area contributed by atoms with Gasteiger partial charge in [-0.1, -0.05) is 35.9 Å². The Bertz CT molecular complexity index is 878. The standard InChI is InChI=1S/C16H13ClN4O2/c1-10-4-2-3-5-12(10)16-18-20-21(19-16)8-11-6-13(17)15-14(7-11)22-9-23-15/h2-7H,8-9H2,1H3. The Balaban J connectivity index is 1.61. The van der Waals surface area contributed by atoms with Crippen LogP contribution in [-0.2, 0) is 6.54 Å². The number of aryl methyl sites for hydroxylation is 1. The smallest absolute Gasteiger partial charge is 0.231 e. The molecule has 116 valence electrons. The second-order valence-corrected chi connectivity index (χ2v) is 5.68. The third-order valence-corrected chi connectivity index (χ3v) is 3.93. The number of tetrazole rings is 1. The van der Waals surface area contributed by atoms with Crippen molar-refractivity contribution in [2.75, 3.05) is 6.79 Å². The summed E-state index contributed by atoms with van der Waals surface area (Å²) >= 11 is 6.19. The molecule has 4 rings (SSSR count). The first-order valence-electron chi connectivity index (χ1n) is 7.12. The van der Waals surface area contributed by atoms with E-state index in [9.17, 15) is 0 Å². The zero-order chi connectivity index (χ0) is 15.8. The Kier molecular flexibility index (Phi) is 3.38. The van der Waals surface area contributed by atoms with Crippen molar-refractivity contribution in [3.63, 3.8) is 0 Å². The molecule has 6 nitrogen and oxygen atoms in total. The van der Waals surface area contributed by atoms with Crippen molar-refractivity contribution in [2.45, 2.75) is 13.5 Å². The van der Waals surface area contributed by atoms with Gasteiger partial charge >= 0.3 is 0 Å². The summed E-state index contributed by atoms with van der Waals surface area (Å²) in [4.78, 5) is 1.54. The van der Waals surface area contributed by atoms with Gasteiger partial charge in [-0.3, -0.25) is 0 Å². The minimum absolute atomic E-state index is 0.192. The van der Waals surface area contributed by atoms with E-state index < -0.39 is 0 Å². The van der Waals surface area contributed by atoms with E-state index in [1.807, 2.05) is 43.3 Å². The molecule has 0 radical (unpaired) electrons. The molecular weight excluding hydrogens is 316 g/mol. The molecule has 1 aliphatic rings. The molecule has 1 aromatic heterocycles. The average Bonchev–Trinajstić information content (AvgIpc) is 3.17. The first-order chi connectivity index (χ1) is 11.2. The van der Waals surface area contributed by atoms with Crippen molar-refractivity contribution in [3.8, 4) is 22.9 Å². The number of hydrogen-bond donors (Lipinski definition) is 0. The van der Waals surface area contributed by atoms with E-state index in [-0.39, 0.29) is 6.79 Å². The fourth-order valence-corrected chi connectivity index (χ4v) is 2.81. The summed E-state index contributed by atoms with van der Waals surface area (Å²) in [5.74, 6) is 1.84. The van der Waals surface area contributed by atoms with Crippen molar-refractivity contribution >= 4 is 11.6 Å². The molecule has 0 atom stereocenters. The van der Waals surface area contributed by atoms with Crippen molar-refractivity contribution in [2.24, 2.45) is 0 Å². The molecular formula is C16H13ClN4O2. The van der Waals surface area contributed by atoms with Gasteiger partial charge < -0.3 is 9.47 Å². The number of hydrogen-bond acceptors (Lipinski definition) is 5. The predicted octanol–water partition coefficient (Wildman–Crippen LogP) is 3.08. The van der Waals surface area contributed by atoms with E-state index in [2.05, 4.69) is 15.4 Å². The van der Waals surface area contributed by atoms with Crippen molar-refractivity contribution in [1.82, 2.24) is 20.2 Å². The quantitative estimate of drug-likeness (QED) is 0.739. The van der Waals surface area contributed by atoms with Crippen molar-refractivity contribution < 1.29 is 9.47 Å². The molecule has 0 fully saturated rings. The molecule has 0 aliphatic carbocycles. The van der Waals surface area contributed by atoms with Crippen LogP contribution in [0.2, 0.25) is 5.02 Å². The van der Waals surface area contributed by atoms with Crippen LogP contribution in [0.5, 0.6) is 11.5 Å². The van der Waals surface area contributed by atoms with E-state index in [0.717, 1.165) is 16.7 Å². The maximum absolute atomic E-state index is 6.19. The summed E-state index contributed by atoms with van der Waals surface area (Å²) in [7, 11) is 0. The minimum Gasteiger partial charge on any atom is -0.454 e. The van der Waals surface area contributed by atoms with Gasteiger partial charge in [0.2, 0.25) is 12.6 Å². The monoisotopic (exact) mass is 328 g/mol. The highest BCUT2D eigenvalue weighted by molar-refractivity contribution is 6.32. The Morgan fingerprint density at radius 3 is 2.96 bits per heavy atom. The Labute approximate surface area is 137 Å². The first-order valence-corrected chi connectivity index (χ1v) is 7.50. The van der Waals surface area contributed by atoms with Crippen LogP contribution in [0.4, 0.5) is 0 Å². The van der Waals surface area contributed by atoms with Crippen LogP contribution in [0.25, 0.3) is 11.4 Å². The van der Waals surface area contributed by atoms with Gasteiger partial charge in [-0.05, 0) is 35.4 Å². The molecule has 0 saturated heterocycles. The number of rotatable bonds is 3. The lowest BCUT2D eigenvalue weighted by Gasteiger charge is -2.04. The molecule has 3 aromatic rings. The lowest BCUT2D eigenvalue weighted by molar-refractivity contribution is 0.174. The highest BCUT2D eigenvalue weighted by atomic mass is 35.5. The number of benzene rings is 2. The highest BCUT2D eigenvalue weighted by Crippen LogP contribution is 2.39. The summed E-state index contributed by atoms with van der Waals surface area (Å²) in [6.07, 6.45) is 0. The van der Waals surface area contributed by atoms with Crippen LogP contribution in [0.3, 0.4) is 0 Å². The molecule has 2 aromatic carbocycles. The van der Waals surface area contributed by atoms with Crippen LogP contribution < -0.4 is 9.47 Å².